The largest absolute Gasteiger partial charge is 0.497 e. The molecule has 3 rings (SSSR count). The van der Waals surface area contributed by atoms with Crippen molar-refractivity contribution in [3.05, 3.63) is 57.6 Å². The molecule has 5 nitrogen and oxygen atoms in total. The normalized spacial score (nSPS) is 10.8. The Balaban J connectivity index is 1.69. The molecule has 1 aromatic carbocycles. The summed E-state index contributed by atoms with van der Waals surface area (Å²) in [6.45, 7) is 1.98. The van der Waals surface area contributed by atoms with Gasteiger partial charge in [-0.2, -0.15) is 4.98 Å². The molecule has 0 radical (unpaired) electrons. The lowest BCUT2D eigenvalue weighted by molar-refractivity contribution is 0.379. The van der Waals surface area contributed by atoms with E-state index in [1.54, 1.807) is 18.4 Å². The van der Waals surface area contributed by atoms with Crippen LogP contribution in [0.2, 0.25) is 0 Å². The third-order valence-electron chi connectivity index (χ3n) is 3.01. The fraction of sp³-hybridized carbons (Fsp3) is 0.267. The lowest BCUT2D eigenvalue weighted by Gasteiger charge is -2.01. The highest BCUT2D eigenvalue weighted by Gasteiger charge is 2.10. The summed E-state index contributed by atoms with van der Waals surface area (Å²) >= 11 is 1.62. The van der Waals surface area contributed by atoms with Gasteiger partial charge in [-0.15, -0.1) is 11.3 Å². The molecule has 0 fully saturated rings. The highest BCUT2D eigenvalue weighted by atomic mass is 32.1. The molecule has 0 bridgehead atoms. The van der Waals surface area contributed by atoms with E-state index in [0.29, 0.717) is 24.6 Å². The minimum absolute atomic E-state index is 0.579. The number of nitrogens with zero attached hydrogens (tertiary/aromatic N) is 3. The van der Waals surface area contributed by atoms with Crippen molar-refractivity contribution in [1.29, 1.82) is 0 Å². The van der Waals surface area contributed by atoms with Gasteiger partial charge in [0.1, 0.15) is 5.75 Å². The van der Waals surface area contributed by atoms with Crippen molar-refractivity contribution < 1.29 is 9.26 Å². The molecular weight excluding hydrogens is 286 g/mol. The summed E-state index contributed by atoms with van der Waals surface area (Å²) in [5, 5.41) is 7.08. The molecule has 6 heteroatoms. The highest BCUT2D eigenvalue weighted by Crippen LogP contribution is 2.16. The van der Waals surface area contributed by atoms with Gasteiger partial charge < -0.3 is 9.26 Å². The number of hydrogen-bond donors (Lipinski definition) is 0. The molecule has 0 aliphatic heterocycles. The van der Waals surface area contributed by atoms with Crippen LogP contribution >= 0.6 is 11.3 Å². The predicted molar refractivity (Wildman–Crippen MR) is 79.8 cm³/mol. The lowest BCUT2D eigenvalue weighted by Crippen LogP contribution is -1.93. The first kappa shape index (κ1) is 13.8. The van der Waals surface area contributed by atoms with Gasteiger partial charge in [0.15, 0.2) is 5.82 Å². The van der Waals surface area contributed by atoms with E-state index in [-0.39, 0.29) is 0 Å². The summed E-state index contributed by atoms with van der Waals surface area (Å²) in [5.74, 6) is 2.09. The van der Waals surface area contributed by atoms with Crippen molar-refractivity contribution in [2.45, 2.75) is 19.8 Å². The second-order valence-corrected chi connectivity index (χ2v) is 5.73. The Kier molecular flexibility index (Phi) is 3.96. The molecule has 2 aromatic heterocycles. The van der Waals surface area contributed by atoms with Gasteiger partial charge in [-0.05, 0) is 24.6 Å². The summed E-state index contributed by atoms with van der Waals surface area (Å²) in [6, 6.07) is 7.85. The Bertz CT molecular complexity index is 736. The average Bonchev–Trinajstić information content (AvgIpc) is 3.09. The van der Waals surface area contributed by atoms with Crippen LogP contribution in [0.1, 0.15) is 28.0 Å². The minimum Gasteiger partial charge on any atom is -0.497 e. The Hall–Kier alpha value is -2.21. The van der Waals surface area contributed by atoms with Crippen LogP contribution in [0.3, 0.4) is 0 Å². The van der Waals surface area contributed by atoms with E-state index in [1.807, 2.05) is 36.6 Å². The molecule has 0 saturated heterocycles. The van der Waals surface area contributed by atoms with Gasteiger partial charge in [0.2, 0.25) is 5.89 Å². The molecule has 108 valence electrons. The quantitative estimate of drug-likeness (QED) is 0.725. The lowest BCUT2D eigenvalue weighted by atomic mass is 10.1. The Labute approximate surface area is 126 Å². The molecule has 0 amide bonds. The molecule has 0 atom stereocenters. The molecular formula is C15H15N3O2S. The van der Waals surface area contributed by atoms with Crippen LogP contribution in [0.15, 0.2) is 34.2 Å². The van der Waals surface area contributed by atoms with Gasteiger partial charge in [0.05, 0.1) is 24.2 Å². The van der Waals surface area contributed by atoms with Crippen LogP contribution in [0.25, 0.3) is 0 Å². The molecule has 0 N–H and O–H groups in total. The minimum atomic E-state index is 0.579. The zero-order valence-corrected chi connectivity index (χ0v) is 12.7. The molecule has 0 saturated carbocycles. The van der Waals surface area contributed by atoms with Crippen LogP contribution in [0, 0.1) is 6.92 Å². The number of aromatic nitrogens is 3. The molecule has 3 aromatic rings. The fourth-order valence-electron chi connectivity index (χ4n) is 2.04. The summed E-state index contributed by atoms with van der Waals surface area (Å²) in [4.78, 5) is 8.81. The van der Waals surface area contributed by atoms with E-state index >= 15 is 0 Å². The van der Waals surface area contributed by atoms with E-state index in [4.69, 9.17) is 9.26 Å². The van der Waals surface area contributed by atoms with Gasteiger partial charge in [-0.25, -0.2) is 4.98 Å². The number of ether oxygens (including phenoxy) is 1. The third kappa shape index (κ3) is 3.46. The number of hydrogen-bond acceptors (Lipinski definition) is 6. The maximum atomic E-state index is 5.28. The molecule has 0 unspecified atom stereocenters. The van der Waals surface area contributed by atoms with Crippen LogP contribution in [-0.2, 0) is 12.8 Å². The Morgan fingerprint density at radius 1 is 1.24 bits per heavy atom. The summed E-state index contributed by atoms with van der Waals surface area (Å²) in [7, 11) is 1.65. The van der Waals surface area contributed by atoms with E-state index in [2.05, 4.69) is 15.1 Å². The Morgan fingerprint density at radius 3 is 2.90 bits per heavy atom. The topological polar surface area (TPSA) is 61.0 Å². The van der Waals surface area contributed by atoms with Crippen LogP contribution < -0.4 is 4.74 Å². The predicted octanol–water partition coefficient (Wildman–Crippen LogP) is 3.02. The van der Waals surface area contributed by atoms with Crippen molar-refractivity contribution >= 4 is 11.3 Å². The van der Waals surface area contributed by atoms with Crippen LogP contribution in [0.5, 0.6) is 5.75 Å². The average molecular weight is 301 g/mol. The molecule has 2 heterocycles. The maximum Gasteiger partial charge on any atom is 0.232 e. The first-order chi connectivity index (χ1) is 10.2. The Morgan fingerprint density at radius 2 is 2.14 bits per heavy atom. The molecule has 0 aliphatic carbocycles. The van der Waals surface area contributed by atoms with Gasteiger partial charge in [-0.3, -0.25) is 0 Å². The van der Waals surface area contributed by atoms with Crippen molar-refractivity contribution in [1.82, 2.24) is 15.1 Å². The molecule has 0 spiro atoms. The first-order valence-corrected chi connectivity index (χ1v) is 7.46. The molecule has 0 aliphatic rings. The number of methoxy groups -OCH3 is 1. The molecule has 21 heavy (non-hydrogen) atoms. The zero-order chi connectivity index (χ0) is 14.7. The van der Waals surface area contributed by atoms with Gasteiger partial charge in [-0.1, -0.05) is 17.3 Å². The summed E-state index contributed by atoms with van der Waals surface area (Å²) in [6.07, 6.45) is 1.20. The van der Waals surface area contributed by atoms with Crippen molar-refractivity contribution in [2.24, 2.45) is 0 Å². The number of rotatable bonds is 5. The maximum absolute atomic E-state index is 5.28. The van der Waals surface area contributed by atoms with Crippen molar-refractivity contribution in [2.75, 3.05) is 7.11 Å². The summed E-state index contributed by atoms with van der Waals surface area (Å²) < 4.78 is 10.5. The number of aryl methyl sites for hydroxylation is 1. The monoisotopic (exact) mass is 301 g/mol. The van der Waals surface area contributed by atoms with Gasteiger partial charge in [0.25, 0.3) is 0 Å². The smallest absolute Gasteiger partial charge is 0.232 e. The second kappa shape index (κ2) is 6.05. The summed E-state index contributed by atoms with van der Waals surface area (Å²) in [5.41, 5.74) is 2.06. The highest BCUT2D eigenvalue weighted by molar-refractivity contribution is 7.09. The van der Waals surface area contributed by atoms with Crippen LogP contribution in [0.4, 0.5) is 0 Å². The van der Waals surface area contributed by atoms with E-state index in [0.717, 1.165) is 22.0 Å². The third-order valence-corrected chi connectivity index (χ3v) is 3.83. The van der Waals surface area contributed by atoms with E-state index in [9.17, 15) is 0 Å². The first-order valence-electron chi connectivity index (χ1n) is 6.58. The fourth-order valence-corrected chi connectivity index (χ4v) is 2.66. The standard InChI is InChI=1S/C15H15N3O2S/c1-10-16-12(9-21-10)8-15-17-14(18-20-15)7-11-4-3-5-13(6-11)19-2/h3-6,9H,7-8H2,1-2H3. The van der Waals surface area contributed by atoms with Crippen molar-refractivity contribution in [3.63, 3.8) is 0 Å². The van der Waals surface area contributed by atoms with E-state index < -0.39 is 0 Å². The number of thiazole rings is 1. The van der Waals surface area contributed by atoms with Gasteiger partial charge >= 0.3 is 0 Å². The van der Waals surface area contributed by atoms with Gasteiger partial charge in [0, 0.05) is 11.8 Å². The van der Waals surface area contributed by atoms with Crippen LogP contribution in [-0.4, -0.2) is 22.2 Å². The second-order valence-electron chi connectivity index (χ2n) is 4.67. The van der Waals surface area contributed by atoms with Crippen molar-refractivity contribution in [3.8, 4) is 5.75 Å². The SMILES string of the molecule is COc1cccc(Cc2noc(Cc3csc(C)n3)n2)c1. The number of benzene rings is 1. The van der Waals surface area contributed by atoms with E-state index in [1.165, 1.54) is 0 Å². The zero-order valence-electron chi connectivity index (χ0n) is 11.9.